The summed E-state index contributed by atoms with van der Waals surface area (Å²) in [6.07, 6.45) is 6.81. The number of ether oxygens (including phenoxy) is 1. The fourth-order valence-corrected chi connectivity index (χ4v) is 2.48. The molecule has 0 fully saturated rings. The van der Waals surface area contributed by atoms with Gasteiger partial charge in [-0.2, -0.15) is 5.26 Å². The predicted molar refractivity (Wildman–Crippen MR) is 96.1 cm³/mol. The summed E-state index contributed by atoms with van der Waals surface area (Å²) < 4.78 is 5.15. The van der Waals surface area contributed by atoms with E-state index in [2.05, 4.69) is 37.3 Å². The molecule has 0 radical (unpaired) electrons. The first-order valence-corrected chi connectivity index (χ1v) is 8.12. The van der Waals surface area contributed by atoms with Crippen LogP contribution >= 0.6 is 0 Å². The third kappa shape index (κ3) is 5.00. The Kier molecular flexibility index (Phi) is 6.44. The molecule has 0 unspecified atom stereocenters. The lowest BCUT2D eigenvalue weighted by atomic mass is 10.0. The second kappa shape index (κ2) is 8.80. The molecule has 0 heterocycles. The van der Waals surface area contributed by atoms with Crippen molar-refractivity contribution in [2.24, 2.45) is 0 Å². The van der Waals surface area contributed by atoms with Gasteiger partial charge in [-0.05, 0) is 59.9 Å². The SMILES string of the molecule is CCCCCc1ccc(C=C(C#N)c2ccc(OC)cc2)cc1. The second-order valence-electron chi connectivity index (χ2n) is 5.60. The van der Waals surface area contributed by atoms with Crippen LogP contribution in [0.25, 0.3) is 11.6 Å². The summed E-state index contributed by atoms with van der Waals surface area (Å²) in [5.74, 6) is 0.794. The zero-order valence-corrected chi connectivity index (χ0v) is 13.9. The normalized spacial score (nSPS) is 11.1. The van der Waals surface area contributed by atoms with Gasteiger partial charge in [0.2, 0.25) is 0 Å². The van der Waals surface area contributed by atoms with E-state index in [9.17, 15) is 5.26 Å². The van der Waals surface area contributed by atoms with Crippen LogP contribution in [0.5, 0.6) is 5.75 Å². The van der Waals surface area contributed by atoms with Crippen molar-refractivity contribution < 1.29 is 4.74 Å². The summed E-state index contributed by atoms with van der Waals surface area (Å²) in [6, 6.07) is 18.3. The summed E-state index contributed by atoms with van der Waals surface area (Å²) >= 11 is 0. The topological polar surface area (TPSA) is 33.0 Å². The number of methoxy groups -OCH3 is 1. The van der Waals surface area contributed by atoms with Gasteiger partial charge in [0.15, 0.2) is 0 Å². The minimum atomic E-state index is 0.659. The summed E-state index contributed by atoms with van der Waals surface area (Å²) in [4.78, 5) is 0. The van der Waals surface area contributed by atoms with E-state index < -0.39 is 0 Å². The smallest absolute Gasteiger partial charge is 0.118 e. The molecule has 0 N–H and O–H groups in total. The van der Waals surface area contributed by atoms with Gasteiger partial charge in [-0.25, -0.2) is 0 Å². The molecule has 2 heteroatoms. The maximum absolute atomic E-state index is 9.42. The van der Waals surface area contributed by atoms with Crippen molar-refractivity contribution in [1.29, 1.82) is 5.26 Å². The summed E-state index contributed by atoms with van der Waals surface area (Å²) in [5.41, 5.74) is 3.97. The standard InChI is InChI=1S/C21H23NO/c1-3-4-5-6-17-7-9-18(10-8-17)15-20(16-22)19-11-13-21(23-2)14-12-19/h7-15H,3-6H2,1-2H3. The molecule has 0 bridgehead atoms. The number of nitriles is 1. The Hall–Kier alpha value is -2.53. The van der Waals surface area contributed by atoms with Crippen LogP contribution in [0.4, 0.5) is 0 Å². The molecule has 0 aromatic heterocycles. The van der Waals surface area contributed by atoms with Crippen LogP contribution in [0.3, 0.4) is 0 Å². The van der Waals surface area contributed by atoms with Gasteiger partial charge < -0.3 is 4.74 Å². The second-order valence-corrected chi connectivity index (χ2v) is 5.60. The molecular formula is C21H23NO. The monoisotopic (exact) mass is 305 g/mol. The Morgan fingerprint density at radius 3 is 2.30 bits per heavy atom. The molecule has 118 valence electrons. The molecular weight excluding hydrogens is 282 g/mol. The maximum Gasteiger partial charge on any atom is 0.118 e. The van der Waals surface area contributed by atoms with Crippen molar-refractivity contribution in [2.45, 2.75) is 32.6 Å². The zero-order valence-electron chi connectivity index (χ0n) is 13.9. The van der Waals surface area contributed by atoms with Gasteiger partial charge in [-0.3, -0.25) is 0 Å². The number of rotatable bonds is 7. The third-order valence-electron chi connectivity index (χ3n) is 3.88. The molecule has 0 amide bonds. The van der Waals surface area contributed by atoms with Gasteiger partial charge in [-0.15, -0.1) is 0 Å². The van der Waals surface area contributed by atoms with E-state index in [0.29, 0.717) is 5.57 Å². The lowest BCUT2D eigenvalue weighted by Gasteiger charge is -2.04. The number of unbranched alkanes of at least 4 members (excludes halogenated alkanes) is 2. The highest BCUT2D eigenvalue weighted by Crippen LogP contribution is 2.21. The Labute approximate surface area is 139 Å². The van der Waals surface area contributed by atoms with E-state index in [0.717, 1.165) is 23.3 Å². The van der Waals surface area contributed by atoms with Gasteiger partial charge in [0, 0.05) is 0 Å². The van der Waals surface area contributed by atoms with Gasteiger partial charge in [0.25, 0.3) is 0 Å². The van der Waals surface area contributed by atoms with Crippen LogP contribution in [-0.4, -0.2) is 7.11 Å². The quantitative estimate of drug-likeness (QED) is 0.385. The average Bonchev–Trinajstić information content (AvgIpc) is 2.61. The lowest BCUT2D eigenvalue weighted by molar-refractivity contribution is 0.415. The van der Waals surface area contributed by atoms with Crippen molar-refractivity contribution in [3.63, 3.8) is 0 Å². The Balaban J connectivity index is 2.12. The van der Waals surface area contributed by atoms with Crippen LogP contribution in [0.15, 0.2) is 48.5 Å². The summed E-state index contributed by atoms with van der Waals surface area (Å²) in [6.45, 7) is 2.22. The highest BCUT2D eigenvalue weighted by atomic mass is 16.5. The van der Waals surface area contributed by atoms with Gasteiger partial charge in [-0.1, -0.05) is 44.0 Å². The van der Waals surface area contributed by atoms with Crippen LogP contribution in [0, 0.1) is 11.3 Å². The predicted octanol–water partition coefficient (Wildman–Crippen LogP) is 5.49. The van der Waals surface area contributed by atoms with E-state index in [4.69, 9.17) is 4.74 Å². The van der Waals surface area contributed by atoms with Crippen LogP contribution in [0.2, 0.25) is 0 Å². The Morgan fingerprint density at radius 2 is 1.74 bits per heavy atom. The van der Waals surface area contributed by atoms with Crippen molar-refractivity contribution in [1.82, 2.24) is 0 Å². The number of nitrogens with zero attached hydrogens (tertiary/aromatic N) is 1. The molecule has 2 rings (SSSR count). The fraction of sp³-hybridized carbons (Fsp3) is 0.286. The third-order valence-corrected chi connectivity index (χ3v) is 3.88. The highest BCUT2D eigenvalue weighted by molar-refractivity contribution is 5.89. The van der Waals surface area contributed by atoms with Gasteiger partial charge >= 0.3 is 0 Å². The zero-order chi connectivity index (χ0) is 16.5. The van der Waals surface area contributed by atoms with Crippen molar-refractivity contribution in [3.05, 3.63) is 65.2 Å². The number of aryl methyl sites for hydroxylation is 1. The number of hydrogen-bond acceptors (Lipinski definition) is 2. The van der Waals surface area contributed by atoms with E-state index in [1.807, 2.05) is 30.3 Å². The first-order chi connectivity index (χ1) is 11.3. The molecule has 0 saturated heterocycles. The van der Waals surface area contributed by atoms with E-state index in [1.54, 1.807) is 7.11 Å². The highest BCUT2D eigenvalue weighted by Gasteiger charge is 2.02. The summed E-state index contributed by atoms with van der Waals surface area (Å²) in [7, 11) is 1.64. The van der Waals surface area contributed by atoms with Gasteiger partial charge in [0.1, 0.15) is 5.75 Å². The molecule has 2 aromatic rings. The van der Waals surface area contributed by atoms with Gasteiger partial charge in [0.05, 0.1) is 18.8 Å². The van der Waals surface area contributed by atoms with E-state index in [1.165, 1.54) is 24.8 Å². The molecule has 0 atom stereocenters. The summed E-state index contributed by atoms with van der Waals surface area (Å²) in [5, 5.41) is 9.42. The molecule has 0 saturated carbocycles. The molecule has 2 nitrogen and oxygen atoms in total. The molecule has 2 aromatic carbocycles. The average molecular weight is 305 g/mol. The molecule has 0 aliphatic carbocycles. The van der Waals surface area contributed by atoms with Crippen molar-refractivity contribution in [3.8, 4) is 11.8 Å². The number of allylic oxidation sites excluding steroid dienone is 1. The molecule has 0 aliphatic heterocycles. The first-order valence-electron chi connectivity index (χ1n) is 8.12. The molecule has 0 aliphatic rings. The minimum Gasteiger partial charge on any atom is -0.497 e. The minimum absolute atomic E-state index is 0.659. The van der Waals surface area contributed by atoms with E-state index >= 15 is 0 Å². The first kappa shape index (κ1) is 16.8. The van der Waals surface area contributed by atoms with Crippen LogP contribution in [-0.2, 0) is 6.42 Å². The van der Waals surface area contributed by atoms with Crippen LogP contribution in [0.1, 0.15) is 42.9 Å². The Bertz CT molecular complexity index is 675. The fourth-order valence-electron chi connectivity index (χ4n) is 2.48. The maximum atomic E-state index is 9.42. The number of hydrogen-bond donors (Lipinski definition) is 0. The Morgan fingerprint density at radius 1 is 1.04 bits per heavy atom. The van der Waals surface area contributed by atoms with Crippen molar-refractivity contribution >= 4 is 11.6 Å². The number of benzene rings is 2. The molecule has 23 heavy (non-hydrogen) atoms. The van der Waals surface area contributed by atoms with Crippen LogP contribution < -0.4 is 4.74 Å². The molecule has 0 spiro atoms. The van der Waals surface area contributed by atoms with E-state index in [-0.39, 0.29) is 0 Å². The largest absolute Gasteiger partial charge is 0.497 e. The van der Waals surface area contributed by atoms with Crippen molar-refractivity contribution in [2.75, 3.05) is 7.11 Å². The lowest BCUT2D eigenvalue weighted by Crippen LogP contribution is -1.87.